The van der Waals surface area contributed by atoms with E-state index in [1.807, 2.05) is 13.0 Å². The number of aromatic nitrogens is 2. The van der Waals surface area contributed by atoms with Gasteiger partial charge < -0.3 is 4.74 Å². The summed E-state index contributed by atoms with van der Waals surface area (Å²) in [7, 11) is -3.58. The summed E-state index contributed by atoms with van der Waals surface area (Å²) < 4.78 is 36.0. The Hall–Kier alpha value is -1.90. The molecule has 0 N–H and O–H groups in total. The number of hydrogen-bond donors (Lipinski definition) is 0. The summed E-state index contributed by atoms with van der Waals surface area (Å²) in [5.41, 5.74) is 1.32. The van der Waals surface area contributed by atoms with E-state index in [0.717, 1.165) is 31.7 Å². The zero-order valence-corrected chi connectivity index (χ0v) is 19.3. The van der Waals surface area contributed by atoms with Crippen LogP contribution in [0.15, 0.2) is 41.6 Å². The van der Waals surface area contributed by atoms with Crippen LogP contribution in [-0.2, 0) is 23.0 Å². The number of rotatable bonds is 3. The highest BCUT2D eigenvalue weighted by molar-refractivity contribution is 7.89. The van der Waals surface area contributed by atoms with Crippen molar-refractivity contribution in [1.29, 1.82) is 0 Å². The smallest absolute Gasteiger partial charge is 0.246 e. The van der Waals surface area contributed by atoms with Crippen molar-refractivity contribution in [2.45, 2.75) is 62.9 Å². The van der Waals surface area contributed by atoms with Crippen LogP contribution in [0.2, 0.25) is 0 Å². The first-order valence-electron chi connectivity index (χ1n) is 11.5. The molecule has 1 aromatic heterocycles. The van der Waals surface area contributed by atoms with Crippen LogP contribution < -0.4 is 4.74 Å². The SMILES string of the molecule is CCn1cc(S(=O)(=O)N2CCCOc3cccc(c3)CCC3CCCCN3CC2)cn1. The highest BCUT2D eigenvalue weighted by Crippen LogP contribution is 2.24. The molecule has 7 nitrogen and oxygen atoms in total. The summed E-state index contributed by atoms with van der Waals surface area (Å²) >= 11 is 0. The van der Waals surface area contributed by atoms with Gasteiger partial charge in [-0.2, -0.15) is 9.40 Å². The van der Waals surface area contributed by atoms with Gasteiger partial charge in [-0.05, 0) is 63.3 Å². The minimum Gasteiger partial charge on any atom is -0.494 e. The molecule has 31 heavy (non-hydrogen) atoms. The van der Waals surface area contributed by atoms with Gasteiger partial charge in [0.15, 0.2) is 0 Å². The summed E-state index contributed by atoms with van der Waals surface area (Å²) in [5.74, 6) is 0.869. The van der Waals surface area contributed by atoms with Crippen molar-refractivity contribution in [3.05, 3.63) is 42.2 Å². The maximum Gasteiger partial charge on any atom is 0.246 e. The molecular formula is C23H34N4O3S. The van der Waals surface area contributed by atoms with Crippen molar-refractivity contribution in [2.24, 2.45) is 0 Å². The fraction of sp³-hybridized carbons (Fsp3) is 0.609. The van der Waals surface area contributed by atoms with E-state index in [2.05, 4.69) is 28.2 Å². The van der Waals surface area contributed by atoms with Gasteiger partial charge in [0.1, 0.15) is 10.6 Å². The second-order valence-corrected chi connectivity index (χ2v) is 10.4. The topological polar surface area (TPSA) is 67.7 Å². The maximum absolute atomic E-state index is 13.4. The van der Waals surface area contributed by atoms with Crippen LogP contribution in [-0.4, -0.2) is 66.2 Å². The number of aryl methyl sites for hydroxylation is 2. The van der Waals surface area contributed by atoms with E-state index in [9.17, 15) is 8.42 Å². The van der Waals surface area contributed by atoms with Gasteiger partial charge in [-0.25, -0.2) is 8.42 Å². The largest absolute Gasteiger partial charge is 0.494 e. The van der Waals surface area contributed by atoms with E-state index in [1.54, 1.807) is 15.2 Å². The molecular weight excluding hydrogens is 412 g/mol. The Morgan fingerprint density at radius 2 is 2.00 bits per heavy atom. The molecule has 0 aliphatic carbocycles. The number of sulfonamides is 1. The first kappa shape index (κ1) is 22.3. The lowest BCUT2D eigenvalue weighted by molar-refractivity contribution is 0.131. The summed E-state index contributed by atoms with van der Waals surface area (Å²) in [6.45, 7) is 5.86. The van der Waals surface area contributed by atoms with Gasteiger partial charge in [-0.15, -0.1) is 0 Å². The van der Waals surface area contributed by atoms with Crippen LogP contribution in [0, 0.1) is 0 Å². The predicted octanol–water partition coefficient (Wildman–Crippen LogP) is 3.16. The lowest BCUT2D eigenvalue weighted by Gasteiger charge is -2.37. The van der Waals surface area contributed by atoms with Crippen LogP contribution in [0.3, 0.4) is 0 Å². The molecule has 1 aromatic carbocycles. The van der Waals surface area contributed by atoms with E-state index in [-0.39, 0.29) is 4.90 Å². The van der Waals surface area contributed by atoms with E-state index in [4.69, 9.17) is 4.74 Å². The fourth-order valence-electron chi connectivity index (χ4n) is 4.63. The van der Waals surface area contributed by atoms with E-state index in [0.29, 0.717) is 38.7 Å². The Morgan fingerprint density at radius 3 is 2.84 bits per heavy atom. The van der Waals surface area contributed by atoms with E-state index >= 15 is 0 Å². The van der Waals surface area contributed by atoms with Crippen LogP contribution >= 0.6 is 0 Å². The zero-order valence-electron chi connectivity index (χ0n) is 18.4. The van der Waals surface area contributed by atoms with Gasteiger partial charge in [0.25, 0.3) is 0 Å². The molecule has 2 aromatic rings. The van der Waals surface area contributed by atoms with Crippen molar-refractivity contribution < 1.29 is 13.2 Å². The van der Waals surface area contributed by atoms with Crippen LogP contribution in [0.25, 0.3) is 0 Å². The molecule has 170 valence electrons. The molecule has 0 radical (unpaired) electrons. The van der Waals surface area contributed by atoms with Crippen molar-refractivity contribution >= 4 is 10.0 Å². The summed E-state index contributed by atoms with van der Waals surface area (Å²) in [5, 5.41) is 4.18. The third-order valence-corrected chi connectivity index (χ3v) is 8.29. The average molecular weight is 447 g/mol. The number of ether oxygens (including phenoxy) is 1. The maximum atomic E-state index is 13.4. The van der Waals surface area contributed by atoms with Gasteiger partial charge in [-0.1, -0.05) is 18.6 Å². The molecule has 2 aliphatic rings. The first-order chi connectivity index (χ1) is 15.1. The van der Waals surface area contributed by atoms with Gasteiger partial charge in [0.05, 0.1) is 12.8 Å². The monoisotopic (exact) mass is 446 g/mol. The second kappa shape index (κ2) is 10.1. The molecule has 3 heterocycles. The lowest BCUT2D eigenvalue weighted by atomic mass is 9.95. The van der Waals surface area contributed by atoms with Crippen LogP contribution in [0.4, 0.5) is 0 Å². The van der Waals surface area contributed by atoms with Crippen molar-refractivity contribution in [3.8, 4) is 5.75 Å². The van der Waals surface area contributed by atoms with Gasteiger partial charge in [0.2, 0.25) is 10.0 Å². The number of fused-ring (bicyclic) bond motifs is 3. The van der Waals surface area contributed by atoms with Gasteiger partial charge >= 0.3 is 0 Å². The van der Waals surface area contributed by atoms with Gasteiger partial charge in [0, 0.05) is 38.4 Å². The average Bonchev–Trinajstić information content (AvgIpc) is 3.28. The number of nitrogens with zero attached hydrogens (tertiary/aromatic N) is 4. The normalized spacial score (nSPS) is 22.3. The Balaban J connectivity index is 1.55. The lowest BCUT2D eigenvalue weighted by Crippen LogP contribution is -2.45. The Morgan fingerprint density at radius 1 is 1.10 bits per heavy atom. The van der Waals surface area contributed by atoms with Crippen molar-refractivity contribution in [2.75, 3.05) is 32.8 Å². The Bertz CT molecular complexity index is 959. The molecule has 1 saturated heterocycles. The summed E-state index contributed by atoms with van der Waals surface area (Å²) in [4.78, 5) is 2.78. The highest BCUT2D eigenvalue weighted by atomic mass is 32.2. The Labute approximate surface area is 186 Å². The molecule has 0 saturated carbocycles. The second-order valence-electron chi connectivity index (χ2n) is 8.51. The summed E-state index contributed by atoms with van der Waals surface area (Å²) in [6, 6.07) is 8.85. The predicted molar refractivity (Wildman–Crippen MR) is 121 cm³/mol. The Kier molecular flexibility index (Phi) is 7.30. The molecule has 0 spiro atoms. The highest BCUT2D eigenvalue weighted by Gasteiger charge is 2.28. The number of hydrogen-bond acceptors (Lipinski definition) is 5. The van der Waals surface area contributed by atoms with Crippen molar-refractivity contribution in [1.82, 2.24) is 19.0 Å². The molecule has 0 amide bonds. The molecule has 1 unspecified atom stereocenters. The molecule has 8 heteroatoms. The zero-order chi connectivity index (χ0) is 21.7. The minimum atomic E-state index is -3.58. The van der Waals surface area contributed by atoms with E-state index in [1.165, 1.54) is 31.0 Å². The van der Waals surface area contributed by atoms with E-state index < -0.39 is 10.0 Å². The third-order valence-electron chi connectivity index (χ3n) is 6.44. The minimum absolute atomic E-state index is 0.277. The standard InChI is InChI=1S/C23H34N4O3S/c1-2-26-19-23(18-24-26)31(28,29)27-13-6-16-30-22-9-5-7-20(17-22)10-11-21-8-3-4-12-25(21)14-15-27/h5,7,9,17-19,21H,2-4,6,8,10-16H2,1H3. The number of piperidine rings is 1. The van der Waals surface area contributed by atoms with Crippen LogP contribution in [0.1, 0.15) is 44.6 Å². The third kappa shape index (κ3) is 5.48. The molecule has 2 aliphatic heterocycles. The quantitative estimate of drug-likeness (QED) is 0.725. The number of benzene rings is 1. The molecule has 4 rings (SSSR count). The van der Waals surface area contributed by atoms with Gasteiger partial charge in [-0.3, -0.25) is 9.58 Å². The molecule has 2 bridgehead atoms. The van der Waals surface area contributed by atoms with Crippen molar-refractivity contribution in [3.63, 3.8) is 0 Å². The fourth-order valence-corrected chi connectivity index (χ4v) is 6.05. The molecule has 1 fully saturated rings. The van der Waals surface area contributed by atoms with Crippen LogP contribution in [0.5, 0.6) is 5.75 Å². The summed E-state index contributed by atoms with van der Waals surface area (Å²) in [6.07, 6.45) is 9.50. The first-order valence-corrected chi connectivity index (χ1v) is 13.0. The molecule has 1 atom stereocenters.